The normalized spacial score (nSPS) is 22.6. The first kappa shape index (κ1) is 14.5. The molecule has 1 aliphatic heterocycles. The van der Waals surface area contributed by atoms with E-state index in [-0.39, 0.29) is 22.8 Å². The van der Waals surface area contributed by atoms with Gasteiger partial charge in [0.25, 0.3) is 5.91 Å². The van der Waals surface area contributed by atoms with Crippen molar-refractivity contribution >= 4 is 27.7 Å². The molecular formula is C14H14BrFN2O3. The van der Waals surface area contributed by atoms with E-state index in [1.807, 2.05) is 0 Å². The Balaban J connectivity index is 1.93. The molecule has 0 bridgehead atoms. The van der Waals surface area contributed by atoms with Crippen LogP contribution in [0.3, 0.4) is 0 Å². The summed E-state index contributed by atoms with van der Waals surface area (Å²) in [7, 11) is 0. The SMILES string of the molecule is O=C1CN(C(=O)C2CCC2)C(c2ccc(F)c(Br)c2)N1O. The van der Waals surface area contributed by atoms with Gasteiger partial charge in [-0.05, 0) is 46.5 Å². The quantitative estimate of drug-likeness (QED) is 0.828. The number of hydrogen-bond acceptors (Lipinski definition) is 3. The summed E-state index contributed by atoms with van der Waals surface area (Å²) >= 11 is 3.08. The lowest BCUT2D eigenvalue weighted by atomic mass is 9.84. The average Bonchev–Trinajstić information content (AvgIpc) is 2.67. The summed E-state index contributed by atoms with van der Waals surface area (Å²) < 4.78 is 13.6. The lowest BCUT2D eigenvalue weighted by Gasteiger charge is -2.32. The van der Waals surface area contributed by atoms with Gasteiger partial charge in [-0.1, -0.05) is 12.5 Å². The molecule has 5 nitrogen and oxygen atoms in total. The fraction of sp³-hybridized carbons (Fsp3) is 0.429. The third kappa shape index (κ3) is 2.44. The number of carbonyl (C=O) groups is 2. The molecule has 1 aromatic carbocycles. The van der Waals surface area contributed by atoms with Crippen molar-refractivity contribution in [1.82, 2.24) is 9.96 Å². The minimum atomic E-state index is -0.887. The predicted octanol–water partition coefficient (Wildman–Crippen LogP) is 2.45. The Bertz CT molecular complexity index is 606. The molecule has 1 aliphatic carbocycles. The van der Waals surface area contributed by atoms with E-state index in [0.717, 1.165) is 19.3 Å². The van der Waals surface area contributed by atoms with Gasteiger partial charge in [-0.2, -0.15) is 5.06 Å². The Labute approximate surface area is 129 Å². The van der Waals surface area contributed by atoms with Crippen molar-refractivity contribution in [2.45, 2.75) is 25.4 Å². The maximum Gasteiger partial charge on any atom is 0.267 e. The van der Waals surface area contributed by atoms with Gasteiger partial charge in [0.05, 0.1) is 4.47 Å². The molecule has 2 fully saturated rings. The molecule has 1 unspecified atom stereocenters. The van der Waals surface area contributed by atoms with E-state index in [9.17, 15) is 19.2 Å². The maximum absolute atomic E-state index is 13.3. The van der Waals surface area contributed by atoms with Crippen molar-refractivity contribution in [2.24, 2.45) is 5.92 Å². The Kier molecular flexibility index (Phi) is 3.71. The first-order valence-corrected chi connectivity index (χ1v) is 7.54. The van der Waals surface area contributed by atoms with Crippen LogP contribution in [0.4, 0.5) is 4.39 Å². The number of nitrogens with zero attached hydrogens (tertiary/aromatic N) is 2. The van der Waals surface area contributed by atoms with E-state index in [2.05, 4.69) is 15.9 Å². The van der Waals surface area contributed by atoms with Gasteiger partial charge in [0.2, 0.25) is 5.91 Å². The van der Waals surface area contributed by atoms with E-state index in [4.69, 9.17) is 0 Å². The van der Waals surface area contributed by atoms with E-state index >= 15 is 0 Å². The lowest BCUT2D eigenvalue weighted by Crippen LogP contribution is -2.40. The number of benzene rings is 1. The molecule has 3 rings (SSSR count). The fourth-order valence-electron chi connectivity index (χ4n) is 2.66. The van der Waals surface area contributed by atoms with Crippen LogP contribution in [0.2, 0.25) is 0 Å². The van der Waals surface area contributed by atoms with Gasteiger partial charge in [-0.25, -0.2) is 4.39 Å². The predicted molar refractivity (Wildman–Crippen MR) is 74.5 cm³/mol. The molecule has 2 amide bonds. The number of hydroxylamine groups is 2. The van der Waals surface area contributed by atoms with Crippen molar-refractivity contribution in [3.05, 3.63) is 34.1 Å². The first-order valence-electron chi connectivity index (χ1n) is 6.75. The molecule has 2 aliphatic rings. The van der Waals surface area contributed by atoms with Gasteiger partial charge in [-0.3, -0.25) is 14.8 Å². The molecule has 0 radical (unpaired) electrons. The van der Waals surface area contributed by atoms with Crippen LogP contribution in [0.5, 0.6) is 0 Å². The van der Waals surface area contributed by atoms with Gasteiger partial charge >= 0.3 is 0 Å². The molecule has 1 heterocycles. The fourth-order valence-corrected chi connectivity index (χ4v) is 3.05. The van der Waals surface area contributed by atoms with Crippen molar-refractivity contribution in [3.8, 4) is 0 Å². The third-order valence-corrected chi connectivity index (χ3v) is 4.68. The summed E-state index contributed by atoms with van der Waals surface area (Å²) in [6.45, 7) is -0.147. The van der Waals surface area contributed by atoms with Crippen molar-refractivity contribution in [3.63, 3.8) is 0 Å². The molecule has 0 aromatic heterocycles. The molecule has 21 heavy (non-hydrogen) atoms. The lowest BCUT2D eigenvalue weighted by molar-refractivity contribution is -0.173. The van der Waals surface area contributed by atoms with Crippen molar-refractivity contribution < 1.29 is 19.2 Å². The second kappa shape index (κ2) is 5.38. The van der Waals surface area contributed by atoms with Gasteiger partial charge in [0.1, 0.15) is 12.4 Å². The number of carbonyl (C=O) groups excluding carboxylic acids is 2. The molecule has 1 saturated heterocycles. The Morgan fingerprint density at radius 2 is 2.10 bits per heavy atom. The number of amides is 2. The second-order valence-corrected chi connectivity index (χ2v) is 6.23. The summed E-state index contributed by atoms with van der Waals surface area (Å²) in [6, 6.07) is 4.18. The van der Waals surface area contributed by atoms with E-state index in [0.29, 0.717) is 10.6 Å². The largest absolute Gasteiger partial charge is 0.306 e. The van der Waals surface area contributed by atoms with Gasteiger partial charge < -0.3 is 4.90 Å². The van der Waals surface area contributed by atoms with Crippen LogP contribution < -0.4 is 0 Å². The van der Waals surface area contributed by atoms with Crippen LogP contribution in [-0.2, 0) is 9.59 Å². The van der Waals surface area contributed by atoms with E-state index in [1.165, 1.54) is 23.1 Å². The van der Waals surface area contributed by atoms with Gasteiger partial charge in [-0.15, -0.1) is 0 Å². The monoisotopic (exact) mass is 356 g/mol. The summed E-state index contributed by atoms with van der Waals surface area (Å²) in [5, 5.41) is 10.5. The maximum atomic E-state index is 13.3. The standard InChI is InChI=1S/C14H14BrFN2O3/c15-10-6-9(4-5-11(10)16)13-17(7-12(19)18(13)21)14(20)8-2-1-3-8/h4-6,8,13,21H,1-3,7H2. The smallest absolute Gasteiger partial charge is 0.267 e. The zero-order chi connectivity index (χ0) is 15.1. The molecule has 1 aromatic rings. The average molecular weight is 357 g/mol. The van der Waals surface area contributed by atoms with Crippen LogP contribution in [0.25, 0.3) is 0 Å². The minimum absolute atomic E-state index is 0.0734. The highest BCUT2D eigenvalue weighted by atomic mass is 79.9. The van der Waals surface area contributed by atoms with Crippen LogP contribution >= 0.6 is 15.9 Å². The summed E-state index contributed by atoms with van der Waals surface area (Å²) in [5.74, 6) is -1.18. The van der Waals surface area contributed by atoms with E-state index < -0.39 is 17.9 Å². The molecule has 112 valence electrons. The Morgan fingerprint density at radius 3 is 2.67 bits per heavy atom. The van der Waals surface area contributed by atoms with Gasteiger partial charge in [0.15, 0.2) is 6.17 Å². The zero-order valence-corrected chi connectivity index (χ0v) is 12.7. The zero-order valence-electron chi connectivity index (χ0n) is 11.1. The minimum Gasteiger partial charge on any atom is -0.306 e. The van der Waals surface area contributed by atoms with Crippen molar-refractivity contribution in [2.75, 3.05) is 6.54 Å². The molecule has 0 spiro atoms. The number of rotatable bonds is 2. The Hall–Kier alpha value is -1.47. The number of halogens is 2. The summed E-state index contributed by atoms with van der Waals surface area (Å²) in [5.41, 5.74) is 0.490. The molecule has 1 atom stereocenters. The molecule has 1 saturated carbocycles. The third-order valence-electron chi connectivity index (χ3n) is 4.07. The van der Waals surface area contributed by atoms with Crippen LogP contribution in [0.15, 0.2) is 22.7 Å². The van der Waals surface area contributed by atoms with Crippen LogP contribution in [0, 0.1) is 11.7 Å². The molecule has 7 heteroatoms. The molecular weight excluding hydrogens is 343 g/mol. The van der Waals surface area contributed by atoms with Crippen LogP contribution in [-0.4, -0.2) is 33.5 Å². The summed E-state index contributed by atoms with van der Waals surface area (Å²) in [4.78, 5) is 25.5. The van der Waals surface area contributed by atoms with Crippen molar-refractivity contribution in [1.29, 1.82) is 0 Å². The highest BCUT2D eigenvalue weighted by molar-refractivity contribution is 9.10. The van der Waals surface area contributed by atoms with Crippen LogP contribution in [0.1, 0.15) is 31.0 Å². The highest BCUT2D eigenvalue weighted by Crippen LogP contribution is 2.36. The Morgan fingerprint density at radius 1 is 1.38 bits per heavy atom. The molecule has 1 N–H and O–H groups in total. The topological polar surface area (TPSA) is 60.9 Å². The second-order valence-electron chi connectivity index (χ2n) is 5.38. The highest BCUT2D eigenvalue weighted by Gasteiger charge is 2.44. The number of hydrogen-bond donors (Lipinski definition) is 1. The summed E-state index contributed by atoms with van der Waals surface area (Å²) in [6.07, 6.45) is 1.75. The first-order chi connectivity index (χ1) is 9.99. The van der Waals surface area contributed by atoms with Gasteiger partial charge in [0, 0.05) is 5.92 Å². The van der Waals surface area contributed by atoms with E-state index in [1.54, 1.807) is 0 Å².